The predicted molar refractivity (Wildman–Crippen MR) is 60.6 cm³/mol. The molecule has 0 saturated heterocycles. The van der Waals surface area contributed by atoms with Gasteiger partial charge in [0.15, 0.2) is 0 Å². The zero-order chi connectivity index (χ0) is 11.4. The molecule has 1 aromatic carbocycles. The minimum atomic E-state index is -0.498. The second-order valence-electron chi connectivity index (χ2n) is 3.00. The van der Waals surface area contributed by atoms with Gasteiger partial charge in [0, 0.05) is 17.0 Å². The van der Waals surface area contributed by atoms with Gasteiger partial charge >= 0.3 is 0 Å². The molecule has 0 aliphatic carbocycles. The number of hydrogen-bond acceptors (Lipinski definition) is 1. The normalized spacial score (nSPS) is 10.1. The standard InChI is InChI=1S/C11H11Cl2FO/c1-3-7(2)15-6-8-9(12)4-5-10(14)11(8)13/h4-5H,2-3,6H2,1H3. The molecule has 1 aromatic rings. The van der Waals surface area contributed by atoms with Crippen LogP contribution in [0, 0.1) is 5.82 Å². The average molecular weight is 249 g/mol. The van der Waals surface area contributed by atoms with Crippen LogP contribution in [0.5, 0.6) is 0 Å². The van der Waals surface area contributed by atoms with Crippen molar-refractivity contribution in [3.05, 3.63) is 45.9 Å². The molecular weight excluding hydrogens is 238 g/mol. The van der Waals surface area contributed by atoms with Crippen LogP contribution in [0.3, 0.4) is 0 Å². The maximum Gasteiger partial charge on any atom is 0.142 e. The molecule has 0 unspecified atom stereocenters. The second-order valence-corrected chi connectivity index (χ2v) is 3.79. The average Bonchev–Trinajstić information content (AvgIpc) is 2.23. The predicted octanol–water partition coefficient (Wildman–Crippen LogP) is 4.57. The zero-order valence-electron chi connectivity index (χ0n) is 8.32. The summed E-state index contributed by atoms with van der Waals surface area (Å²) in [5.41, 5.74) is 0.452. The Balaban J connectivity index is 2.84. The van der Waals surface area contributed by atoms with E-state index in [0.717, 1.165) is 0 Å². The molecule has 82 valence electrons. The third kappa shape index (κ3) is 3.11. The van der Waals surface area contributed by atoms with Gasteiger partial charge in [0.05, 0.1) is 10.8 Å². The first kappa shape index (κ1) is 12.3. The summed E-state index contributed by atoms with van der Waals surface area (Å²) >= 11 is 11.6. The highest BCUT2D eigenvalue weighted by molar-refractivity contribution is 6.36. The molecule has 0 heterocycles. The molecule has 0 fully saturated rings. The van der Waals surface area contributed by atoms with Gasteiger partial charge in [-0.05, 0) is 12.1 Å². The Morgan fingerprint density at radius 2 is 2.13 bits per heavy atom. The van der Waals surface area contributed by atoms with Gasteiger partial charge in [0.1, 0.15) is 12.4 Å². The van der Waals surface area contributed by atoms with Crippen LogP contribution in [0.1, 0.15) is 18.9 Å². The molecule has 4 heteroatoms. The van der Waals surface area contributed by atoms with Crippen molar-refractivity contribution in [2.24, 2.45) is 0 Å². The third-order valence-electron chi connectivity index (χ3n) is 1.95. The largest absolute Gasteiger partial charge is 0.494 e. The second kappa shape index (κ2) is 5.38. The van der Waals surface area contributed by atoms with Gasteiger partial charge in [-0.15, -0.1) is 0 Å². The van der Waals surface area contributed by atoms with Gasteiger partial charge < -0.3 is 4.74 Å². The zero-order valence-corrected chi connectivity index (χ0v) is 9.83. The van der Waals surface area contributed by atoms with Crippen molar-refractivity contribution in [3.63, 3.8) is 0 Å². The minimum Gasteiger partial charge on any atom is -0.494 e. The monoisotopic (exact) mass is 248 g/mol. The smallest absolute Gasteiger partial charge is 0.142 e. The summed E-state index contributed by atoms with van der Waals surface area (Å²) in [6.07, 6.45) is 0.699. The van der Waals surface area contributed by atoms with E-state index < -0.39 is 5.82 Å². The van der Waals surface area contributed by atoms with Gasteiger partial charge in [-0.2, -0.15) is 0 Å². The molecule has 15 heavy (non-hydrogen) atoms. The lowest BCUT2D eigenvalue weighted by molar-refractivity contribution is 0.193. The lowest BCUT2D eigenvalue weighted by Crippen LogP contribution is -1.95. The van der Waals surface area contributed by atoms with E-state index in [1.807, 2.05) is 6.92 Å². The molecule has 0 amide bonds. The van der Waals surface area contributed by atoms with Gasteiger partial charge in [0.2, 0.25) is 0 Å². The maximum absolute atomic E-state index is 13.1. The van der Waals surface area contributed by atoms with Crippen LogP contribution in [0.2, 0.25) is 10.0 Å². The topological polar surface area (TPSA) is 9.23 Å². The molecule has 0 aromatic heterocycles. The van der Waals surface area contributed by atoms with Crippen molar-refractivity contribution in [3.8, 4) is 0 Å². The highest BCUT2D eigenvalue weighted by Crippen LogP contribution is 2.28. The van der Waals surface area contributed by atoms with Crippen LogP contribution < -0.4 is 0 Å². The summed E-state index contributed by atoms with van der Waals surface area (Å²) in [6, 6.07) is 2.68. The quantitative estimate of drug-likeness (QED) is 0.560. The Morgan fingerprint density at radius 3 is 2.73 bits per heavy atom. The van der Waals surface area contributed by atoms with Crippen LogP contribution in [0.25, 0.3) is 0 Å². The van der Waals surface area contributed by atoms with Gasteiger partial charge in [-0.25, -0.2) is 4.39 Å². The molecule has 0 aliphatic rings. The SMILES string of the molecule is C=C(CC)OCc1c(Cl)ccc(F)c1Cl. The number of benzene rings is 1. The van der Waals surface area contributed by atoms with Gasteiger partial charge in [-0.1, -0.05) is 36.7 Å². The van der Waals surface area contributed by atoms with E-state index in [1.54, 1.807) is 0 Å². The van der Waals surface area contributed by atoms with Crippen molar-refractivity contribution in [1.82, 2.24) is 0 Å². The van der Waals surface area contributed by atoms with Crippen molar-refractivity contribution in [1.29, 1.82) is 0 Å². The molecule has 1 nitrogen and oxygen atoms in total. The number of ether oxygens (including phenoxy) is 1. The molecular formula is C11H11Cl2FO. The van der Waals surface area contributed by atoms with E-state index in [0.29, 0.717) is 22.8 Å². The van der Waals surface area contributed by atoms with Crippen LogP contribution in [0.15, 0.2) is 24.5 Å². The van der Waals surface area contributed by atoms with Crippen molar-refractivity contribution < 1.29 is 9.13 Å². The Labute approximate surface area is 98.5 Å². The number of hydrogen-bond donors (Lipinski definition) is 0. The summed E-state index contributed by atoms with van der Waals surface area (Å²) in [4.78, 5) is 0. The first-order chi connectivity index (χ1) is 7.06. The number of rotatable bonds is 4. The summed E-state index contributed by atoms with van der Waals surface area (Å²) < 4.78 is 18.4. The summed E-state index contributed by atoms with van der Waals surface area (Å²) in [7, 11) is 0. The lowest BCUT2D eigenvalue weighted by Gasteiger charge is -2.10. The highest BCUT2D eigenvalue weighted by atomic mass is 35.5. The minimum absolute atomic E-state index is 0.00593. The summed E-state index contributed by atoms with van der Waals surface area (Å²) in [6.45, 7) is 5.72. The fraction of sp³-hybridized carbons (Fsp3) is 0.273. The van der Waals surface area contributed by atoms with Gasteiger partial charge in [-0.3, -0.25) is 0 Å². The molecule has 0 atom stereocenters. The van der Waals surface area contributed by atoms with E-state index in [1.165, 1.54) is 12.1 Å². The van der Waals surface area contributed by atoms with Crippen molar-refractivity contribution >= 4 is 23.2 Å². The van der Waals surface area contributed by atoms with E-state index in [4.69, 9.17) is 27.9 Å². The Kier molecular flexibility index (Phi) is 4.43. The summed E-state index contributed by atoms with van der Waals surface area (Å²) in [5.74, 6) is 0.119. The van der Waals surface area contributed by atoms with Crippen LogP contribution in [-0.4, -0.2) is 0 Å². The molecule has 0 saturated carbocycles. The van der Waals surface area contributed by atoms with E-state index >= 15 is 0 Å². The molecule has 0 radical (unpaired) electrons. The number of halogens is 3. The highest BCUT2D eigenvalue weighted by Gasteiger charge is 2.11. The fourth-order valence-corrected chi connectivity index (χ4v) is 1.46. The molecule has 0 bridgehead atoms. The van der Waals surface area contributed by atoms with E-state index in [9.17, 15) is 4.39 Å². The van der Waals surface area contributed by atoms with E-state index in [2.05, 4.69) is 6.58 Å². The molecule has 0 spiro atoms. The van der Waals surface area contributed by atoms with Crippen molar-refractivity contribution in [2.75, 3.05) is 0 Å². The Hall–Kier alpha value is -0.730. The third-order valence-corrected chi connectivity index (χ3v) is 2.72. The lowest BCUT2D eigenvalue weighted by atomic mass is 10.2. The Bertz CT molecular complexity index is 377. The first-order valence-electron chi connectivity index (χ1n) is 4.49. The van der Waals surface area contributed by atoms with Gasteiger partial charge in [0.25, 0.3) is 0 Å². The van der Waals surface area contributed by atoms with Crippen LogP contribution >= 0.6 is 23.2 Å². The van der Waals surface area contributed by atoms with Crippen molar-refractivity contribution in [2.45, 2.75) is 20.0 Å². The van der Waals surface area contributed by atoms with Crippen LogP contribution in [-0.2, 0) is 11.3 Å². The Morgan fingerprint density at radius 1 is 1.47 bits per heavy atom. The maximum atomic E-state index is 13.1. The summed E-state index contributed by atoms with van der Waals surface area (Å²) in [5, 5.41) is 0.400. The molecule has 1 rings (SSSR count). The molecule has 0 aliphatic heterocycles. The van der Waals surface area contributed by atoms with Crippen LogP contribution in [0.4, 0.5) is 4.39 Å². The fourth-order valence-electron chi connectivity index (χ4n) is 0.978. The molecule has 0 N–H and O–H groups in total. The first-order valence-corrected chi connectivity index (χ1v) is 5.24. The van der Waals surface area contributed by atoms with E-state index in [-0.39, 0.29) is 11.6 Å². The number of allylic oxidation sites excluding steroid dienone is 1.